The maximum absolute atomic E-state index is 12.5. The van der Waals surface area contributed by atoms with E-state index in [9.17, 15) is 4.79 Å². The smallest absolute Gasteiger partial charge is 0.222 e. The SMILES string of the molecule is COCCOCc1cnc(C)nc1C1CCCN(C(=O)CC2CC2)C1. The number of nitrogens with zero attached hydrogens (tertiary/aromatic N) is 3. The first-order chi connectivity index (χ1) is 12.2. The number of methoxy groups -OCH3 is 1. The Labute approximate surface area is 149 Å². The topological polar surface area (TPSA) is 64.6 Å². The van der Waals surface area contributed by atoms with Gasteiger partial charge in [-0.15, -0.1) is 0 Å². The van der Waals surface area contributed by atoms with Crippen molar-refractivity contribution in [2.24, 2.45) is 5.92 Å². The summed E-state index contributed by atoms with van der Waals surface area (Å²) in [5.74, 6) is 2.01. The molecule has 2 heterocycles. The third kappa shape index (κ3) is 5.22. The summed E-state index contributed by atoms with van der Waals surface area (Å²) in [5.41, 5.74) is 2.08. The maximum atomic E-state index is 12.5. The molecule has 0 bridgehead atoms. The Morgan fingerprint density at radius 3 is 2.92 bits per heavy atom. The minimum Gasteiger partial charge on any atom is -0.382 e. The molecule has 1 aromatic rings. The molecule has 0 radical (unpaired) electrons. The number of aromatic nitrogens is 2. The first kappa shape index (κ1) is 18.3. The number of piperidine rings is 1. The molecule has 3 rings (SSSR count). The van der Waals surface area contributed by atoms with Gasteiger partial charge in [0.2, 0.25) is 5.91 Å². The molecule has 0 aromatic carbocycles. The molecule has 1 aliphatic carbocycles. The number of likely N-dealkylation sites (tertiary alicyclic amines) is 1. The van der Waals surface area contributed by atoms with Gasteiger partial charge < -0.3 is 14.4 Å². The van der Waals surface area contributed by atoms with Crippen LogP contribution in [0.3, 0.4) is 0 Å². The zero-order valence-electron chi connectivity index (χ0n) is 15.4. The summed E-state index contributed by atoms with van der Waals surface area (Å²) in [6, 6.07) is 0. The summed E-state index contributed by atoms with van der Waals surface area (Å²) in [5, 5.41) is 0. The summed E-state index contributed by atoms with van der Waals surface area (Å²) in [6.45, 7) is 5.19. The summed E-state index contributed by atoms with van der Waals surface area (Å²) in [7, 11) is 1.67. The Morgan fingerprint density at radius 1 is 1.32 bits per heavy atom. The molecule has 1 aliphatic heterocycles. The third-order valence-electron chi connectivity index (χ3n) is 5.03. The summed E-state index contributed by atoms with van der Waals surface area (Å²) in [4.78, 5) is 23.6. The first-order valence-electron chi connectivity index (χ1n) is 9.34. The van der Waals surface area contributed by atoms with E-state index in [-0.39, 0.29) is 5.92 Å². The fourth-order valence-corrected chi connectivity index (χ4v) is 3.43. The summed E-state index contributed by atoms with van der Waals surface area (Å²) < 4.78 is 10.7. The van der Waals surface area contributed by atoms with E-state index in [4.69, 9.17) is 14.5 Å². The zero-order chi connectivity index (χ0) is 17.6. The first-order valence-corrected chi connectivity index (χ1v) is 9.34. The van der Waals surface area contributed by atoms with Crippen molar-refractivity contribution in [3.8, 4) is 0 Å². The van der Waals surface area contributed by atoms with Crippen LogP contribution in [0, 0.1) is 12.8 Å². The van der Waals surface area contributed by atoms with Crippen LogP contribution in [0.15, 0.2) is 6.20 Å². The largest absolute Gasteiger partial charge is 0.382 e. The normalized spacial score (nSPS) is 20.7. The lowest BCUT2D eigenvalue weighted by Gasteiger charge is -2.33. The molecule has 2 aliphatic rings. The second kappa shape index (κ2) is 8.72. The highest BCUT2D eigenvalue weighted by Crippen LogP contribution is 2.34. The molecular formula is C19H29N3O3. The van der Waals surface area contributed by atoms with Gasteiger partial charge in [-0.05, 0) is 38.5 Å². The van der Waals surface area contributed by atoms with Crippen molar-refractivity contribution in [2.75, 3.05) is 33.4 Å². The molecule has 0 spiro atoms. The van der Waals surface area contributed by atoms with Crippen molar-refractivity contribution in [3.63, 3.8) is 0 Å². The van der Waals surface area contributed by atoms with Crippen LogP contribution < -0.4 is 0 Å². The predicted molar refractivity (Wildman–Crippen MR) is 94.2 cm³/mol. The highest BCUT2D eigenvalue weighted by atomic mass is 16.5. The lowest BCUT2D eigenvalue weighted by molar-refractivity contribution is -0.132. The molecule has 1 amide bonds. The van der Waals surface area contributed by atoms with Gasteiger partial charge >= 0.3 is 0 Å². The quantitative estimate of drug-likeness (QED) is 0.676. The molecule has 6 nitrogen and oxygen atoms in total. The van der Waals surface area contributed by atoms with E-state index in [1.54, 1.807) is 7.11 Å². The molecule has 1 aromatic heterocycles. The average Bonchev–Trinajstić information content (AvgIpc) is 3.44. The number of rotatable bonds is 8. The molecule has 1 saturated carbocycles. The Morgan fingerprint density at radius 2 is 2.16 bits per heavy atom. The van der Waals surface area contributed by atoms with Gasteiger partial charge in [-0.1, -0.05) is 0 Å². The molecular weight excluding hydrogens is 318 g/mol. The van der Waals surface area contributed by atoms with Crippen LogP contribution in [-0.2, 0) is 20.9 Å². The Hall–Kier alpha value is -1.53. The lowest BCUT2D eigenvalue weighted by atomic mass is 9.91. The average molecular weight is 347 g/mol. The highest BCUT2D eigenvalue weighted by Gasteiger charge is 2.31. The Bertz CT molecular complexity index is 589. The lowest BCUT2D eigenvalue weighted by Crippen LogP contribution is -2.39. The fraction of sp³-hybridized carbons (Fsp3) is 0.737. The van der Waals surface area contributed by atoms with Gasteiger partial charge in [0.05, 0.1) is 25.5 Å². The van der Waals surface area contributed by atoms with E-state index in [2.05, 4.69) is 4.98 Å². The van der Waals surface area contributed by atoms with Crippen LogP contribution >= 0.6 is 0 Å². The second-order valence-electron chi connectivity index (χ2n) is 7.20. The monoisotopic (exact) mass is 347 g/mol. The standard InChI is InChI=1S/C19H29N3O3/c1-14-20-11-17(13-25-9-8-24-2)19(21-14)16-4-3-7-22(12-16)18(23)10-15-5-6-15/h11,15-16H,3-10,12-13H2,1-2H3. The molecule has 1 atom stereocenters. The van der Waals surface area contributed by atoms with Crippen molar-refractivity contribution < 1.29 is 14.3 Å². The van der Waals surface area contributed by atoms with E-state index in [1.807, 2.05) is 18.0 Å². The van der Waals surface area contributed by atoms with Gasteiger partial charge in [0, 0.05) is 44.3 Å². The van der Waals surface area contributed by atoms with Crippen LogP contribution in [0.4, 0.5) is 0 Å². The van der Waals surface area contributed by atoms with Crippen LogP contribution in [0.2, 0.25) is 0 Å². The number of carbonyl (C=O) groups excluding carboxylic acids is 1. The number of ether oxygens (including phenoxy) is 2. The van der Waals surface area contributed by atoms with Crippen LogP contribution in [0.5, 0.6) is 0 Å². The highest BCUT2D eigenvalue weighted by molar-refractivity contribution is 5.77. The summed E-state index contributed by atoms with van der Waals surface area (Å²) >= 11 is 0. The molecule has 2 fully saturated rings. The van der Waals surface area contributed by atoms with Crippen molar-refractivity contribution in [2.45, 2.75) is 51.6 Å². The number of hydrogen-bond acceptors (Lipinski definition) is 5. The third-order valence-corrected chi connectivity index (χ3v) is 5.03. The number of carbonyl (C=O) groups is 1. The van der Waals surface area contributed by atoms with Crippen LogP contribution in [0.25, 0.3) is 0 Å². The minimum atomic E-state index is 0.277. The molecule has 1 unspecified atom stereocenters. The molecule has 6 heteroatoms. The van der Waals surface area contributed by atoms with E-state index in [0.717, 1.165) is 49.4 Å². The maximum Gasteiger partial charge on any atom is 0.222 e. The van der Waals surface area contributed by atoms with Gasteiger partial charge in [-0.3, -0.25) is 4.79 Å². The van der Waals surface area contributed by atoms with Gasteiger partial charge in [0.25, 0.3) is 0 Å². The Kier molecular flexibility index (Phi) is 6.37. The van der Waals surface area contributed by atoms with Gasteiger partial charge in [-0.2, -0.15) is 0 Å². The number of amides is 1. The number of aryl methyl sites for hydroxylation is 1. The van der Waals surface area contributed by atoms with Crippen molar-refractivity contribution in [1.29, 1.82) is 0 Å². The van der Waals surface area contributed by atoms with Crippen molar-refractivity contribution >= 4 is 5.91 Å². The minimum absolute atomic E-state index is 0.277. The van der Waals surface area contributed by atoms with Crippen LogP contribution in [0.1, 0.15) is 55.1 Å². The van der Waals surface area contributed by atoms with Crippen molar-refractivity contribution in [3.05, 3.63) is 23.3 Å². The van der Waals surface area contributed by atoms with E-state index in [1.165, 1.54) is 12.8 Å². The van der Waals surface area contributed by atoms with E-state index >= 15 is 0 Å². The van der Waals surface area contributed by atoms with Crippen LogP contribution in [-0.4, -0.2) is 54.2 Å². The Balaban J connectivity index is 1.66. The van der Waals surface area contributed by atoms with E-state index in [0.29, 0.717) is 31.6 Å². The fourth-order valence-electron chi connectivity index (χ4n) is 3.43. The van der Waals surface area contributed by atoms with Gasteiger partial charge in [0.1, 0.15) is 5.82 Å². The zero-order valence-corrected chi connectivity index (χ0v) is 15.4. The molecule has 1 saturated heterocycles. The predicted octanol–water partition coefficient (Wildman–Crippen LogP) is 2.45. The number of hydrogen-bond donors (Lipinski definition) is 0. The van der Waals surface area contributed by atoms with Crippen molar-refractivity contribution in [1.82, 2.24) is 14.9 Å². The summed E-state index contributed by atoms with van der Waals surface area (Å²) in [6.07, 6.45) is 7.13. The van der Waals surface area contributed by atoms with Gasteiger partial charge in [0.15, 0.2) is 0 Å². The molecule has 0 N–H and O–H groups in total. The molecule has 25 heavy (non-hydrogen) atoms. The second-order valence-corrected chi connectivity index (χ2v) is 7.20. The van der Waals surface area contributed by atoms with Gasteiger partial charge in [-0.25, -0.2) is 9.97 Å². The van der Waals surface area contributed by atoms with E-state index < -0.39 is 0 Å². The molecule has 138 valence electrons.